The molecule has 2 saturated heterocycles. The molecule has 0 radical (unpaired) electrons. The number of carbonyl (C=O) groups is 1. The molecular weight excluding hydrogens is 414 g/mol. The number of carbonyl (C=O) groups excluding carboxylic acids is 1. The molecule has 1 aliphatic carbocycles. The molecule has 4 aliphatic rings. The summed E-state index contributed by atoms with van der Waals surface area (Å²) in [5, 5.41) is 0. The second-order valence-corrected chi connectivity index (χ2v) is 10.9. The molecule has 33 heavy (non-hydrogen) atoms. The van der Waals surface area contributed by atoms with Crippen LogP contribution >= 0.6 is 0 Å². The van der Waals surface area contributed by atoms with Crippen molar-refractivity contribution in [3.8, 4) is 11.5 Å². The molecule has 1 aromatic carbocycles. The van der Waals surface area contributed by atoms with E-state index in [1.54, 1.807) is 0 Å². The average molecular weight is 456 g/mol. The monoisotopic (exact) mass is 455 g/mol. The van der Waals surface area contributed by atoms with Gasteiger partial charge in [0.2, 0.25) is 6.79 Å². The number of fused-ring (bicyclic) bond motifs is 1. The Bertz CT molecular complexity index is 774. The summed E-state index contributed by atoms with van der Waals surface area (Å²) in [5.41, 5.74) is 1.34. The zero-order chi connectivity index (χ0) is 22.5. The van der Waals surface area contributed by atoms with Crippen molar-refractivity contribution in [2.24, 2.45) is 17.8 Å². The minimum absolute atomic E-state index is 0.358. The van der Waals surface area contributed by atoms with E-state index in [-0.39, 0.29) is 0 Å². The minimum Gasteiger partial charge on any atom is -0.454 e. The van der Waals surface area contributed by atoms with E-state index < -0.39 is 0 Å². The number of Topliss-reactive ketones (excluding diaryl/α,β-unsaturated/α-hetero) is 1. The first kappa shape index (κ1) is 23.2. The zero-order valence-corrected chi connectivity index (χ0v) is 20.1. The lowest BCUT2D eigenvalue weighted by molar-refractivity contribution is -0.122. The molecule has 0 unspecified atom stereocenters. The van der Waals surface area contributed by atoms with Crippen molar-refractivity contribution < 1.29 is 19.0 Å². The van der Waals surface area contributed by atoms with E-state index in [4.69, 9.17) is 14.2 Å². The van der Waals surface area contributed by atoms with Crippen LogP contribution in [0.25, 0.3) is 0 Å². The van der Waals surface area contributed by atoms with E-state index in [0.29, 0.717) is 30.3 Å². The Labute approximate surface area is 199 Å². The minimum atomic E-state index is 0.358. The summed E-state index contributed by atoms with van der Waals surface area (Å²) < 4.78 is 16.9. The molecule has 1 saturated carbocycles. The number of benzene rings is 1. The number of hydrogen-bond donors (Lipinski definition) is 0. The summed E-state index contributed by atoms with van der Waals surface area (Å²) in [6.07, 6.45) is 12.7. The van der Waals surface area contributed by atoms with Crippen molar-refractivity contribution in [1.82, 2.24) is 4.90 Å². The Morgan fingerprint density at radius 1 is 0.909 bits per heavy atom. The molecule has 182 valence electrons. The van der Waals surface area contributed by atoms with Crippen molar-refractivity contribution in [3.05, 3.63) is 23.8 Å². The Morgan fingerprint density at radius 2 is 1.70 bits per heavy atom. The number of likely N-dealkylation sites (tertiary alicyclic amines) is 1. The molecule has 5 heteroatoms. The van der Waals surface area contributed by atoms with Gasteiger partial charge in [-0.2, -0.15) is 0 Å². The van der Waals surface area contributed by atoms with Gasteiger partial charge in [0, 0.05) is 31.6 Å². The quantitative estimate of drug-likeness (QED) is 0.513. The molecule has 0 N–H and O–H groups in total. The second kappa shape index (κ2) is 11.2. The molecule has 5 nitrogen and oxygen atoms in total. The van der Waals surface area contributed by atoms with Crippen molar-refractivity contribution in [3.63, 3.8) is 0 Å². The first-order valence-corrected chi connectivity index (χ1v) is 13.4. The SMILES string of the molecule is O=C(CC1CCC(CCN2CCC(c3cccc4c3OCO4)CC2)CC1)C[C@H]1CCCOC1. The van der Waals surface area contributed by atoms with Crippen LogP contribution in [-0.4, -0.2) is 50.3 Å². The molecule has 5 rings (SSSR count). The first-order chi connectivity index (χ1) is 16.2. The number of piperidine rings is 1. The van der Waals surface area contributed by atoms with Gasteiger partial charge in [0.1, 0.15) is 5.78 Å². The van der Waals surface area contributed by atoms with Crippen LogP contribution in [0, 0.1) is 17.8 Å². The average Bonchev–Trinajstić information content (AvgIpc) is 3.34. The summed E-state index contributed by atoms with van der Waals surface area (Å²) in [6, 6.07) is 6.33. The van der Waals surface area contributed by atoms with Gasteiger partial charge in [0.05, 0.1) is 0 Å². The molecule has 0 aromatic heterocycles. The topological polar surface area (TPSA) is 48.0 Å². The maximum atomic E-state index is 12.5. The highest BCUT2D eigenvalue weighted by Gasteiger charge is 2.28. The van der Waals surface area contributed by atoms with Crippen molar-refractivity contribution >= 4 is 5.78 Å². The Morgan fingerprint density at radius 3 is 2.48 bits per heavy atom. The standard InChI is InChI=1S/C28H41NO4/c30-25(18-23-3-2-16-31-19-23)17-22-8-6-21(7-9-22)10-13-29-14-11-24(12-15-29)26-4-1-5-27-28(26)33-20-32-27/h1,4-5,21-24H,2-3,6-20H2/t21?,22?,23-/m1/s1. The lowest BCUT2D eigenvalue weighted by Gasteiger charge is -2.34. The van der Waals surface area contributed by atoms with Gasteiger partial charge in [-0.25, -0.2) is 0 Å². The Hall–Kier alpha value is -1.59. The van der Waals surface area contributed by atoms with Gasteiger partial charge in [-0.3, -0.25) is 4.79 Å². The lowest BCUT2D eigenvalue weighted by Crippen LogP contribution is -2.34. The van der Waals surface area contributed by atoms with E-state index in [1.807, 2.05) is 6.07 Å². The fourth-order valence-electron chi connectivity index (χ4n) is 6.53. The molecule has 0 amide bonds. The van der Waals surface area contributed by atoms with Gasteiger partial charge >= 0.3 is 0 Å². The van der Waals surface area contributed by atoms with Gasteiger partial charge in [0.25, 0.3) is 0 Å². The van der Waals surface area contributed by atoms with Crippen LogP contribution in [0.4, 0.5) is 0 Å². The highest BCUT2D eigenvalue weighted by Crippen LogP contribution is 2.42. The number of hydrogen-bond acceptors (Lipinski definition) is 5. The predicted octanol–water partition coefficient (Wildman–Crippen LogP) is 5.57. The van der Waals surface area contributed by atoms with Gasteiger partial charge in [0.15, 0.2) is 11.5 Å². The van der Waals surface area contributed by atoms with Crippen LogP contribution in [0.2, 0.25) is 0 Å². The van der Waals surface area contributed by atoms with Crippen LogP contribution < -0.4 is 9.47 Å². The van der Waals surface area contributed by atoms with Gasteiger partial charge in [-0.1, -0.05) is 25.0 Å². The van der Waals surface area contributed by atoms with Crippen molar-refractivity contribution in [2.75, 3.05) is 39.6 Å². The fourth-order valence-corrected chi connectivity index (χ4v) is 6.53. The van der Waals surface area contributed by atoms with E-state index in [2.05, 4.69) is 17.0 Å². The Kier molecular flexibility index (Phi) is 7.88. The van der Waals surface area contributed by atoms with Crippen molar-refractivity contribution in [1.29, 1.82) is 0 Å². The van der Waals surface area contributed by atoms with E-state index in [0.717, 1.165) is 49.9 Å². The number of ether oxygens (including phenoxy) is 3. The largest absolute Gasteiger partial charge is 0.454 e. The molecule has 3 fully saturated rings. The van der Waals surface area contributed by atoms with Crippen LogP contribution in [0.3, 0.4) is 0 Å². The lowest BCUT2D eigenvalue weighted by atomic mass is 9.77. The third kappa shape index (κ3) is 6.10. The molecule has 0 spiro atoms. The number of nitrogens with zero attached hydrogens (tertiary/aromatic N) is 1. The third-order valence-electron chi connectivity index (χ3n) is 8.56. The van der Waals surface area contributed by atoms with Gasteiger partial charge in [-0.05, 0) is 94.3 Å². The summed E-state index contributed by atoms with van der Waals surface area (Å²) in [7, 11) is 0. The van der Waals surface area contributed by atoms with Crippen LogP contribution in [0.1, 0.15) is 82.1 Å². The van der Waals surface area contributed by atoms with E-state index >= 15 is 0 Å². The second-order valence-electron chi connectivity index (χ2n) is 10.9. The van der Waals surface area contributed by atoms with Crippen molar-refractivity contribution in [2.45, 2.75) is 76.5 Å². The summed E-state index contributed by atoms with van der Waals surface area (Å²) >= 11 is 0. The molecule has 3 aliphatic heterocycles. The number of ketones is 1. The smallest absolute Gasteiger partial charge is 0.231 e. The molecule has 1 atom stereocenters. The van der Waals surface area contributed by atoms with Crippen LogP contribution in [0.15, 0.2) is 18.2 Å². The molecule has 0 bridgehead atoms. The number of para-hydroxylation sites is 1. The highest BCUT2D eigenvalue weighted by molar-refractivity contribution is 5.78. The normalized spacial score (nSPS) is 28.7. The molecule has 3 heterocycles. The molecule has 1 aromatic rings. The summed E-state index contributed by atoms with van der Waals surface area (Å²) in [4.78, 5) is 15.2. The van der Waals surface area contributed by atoms with Crippen LogP contribution in [0.5, 0.6) is 11.5 Å². The highest BCUT2D eigenvalue weighted by atomic mass is 16.7. The Balaban J connectivity index is 0.980. The number of rotatable bonds is 8. The van der Waals surface area contributed by atoms with Gasteiger partial charge in [-0.15, -0.1) is 0 Å². The zero-order valence-electron chi connectivity index (χ0n) is 20.1. The maximum Gasteiger partial charge on any atom is 0.231 e. The van der Waals surface area contributed by atoms with Gasteiger partial charge < -0.3 is 19.1 Å². The third-order valence-corrected chi connectivity index (χ3v) is 8.56. The van der Waals surface area contributed by atoms with Crippen LogP contribution in [-0.2, 0) is 9.53 Å². The van der Waals surface area contributed by atoms with E-state index in [9.17, 15) is 4.79 Å². The summed E-state index contributed by atoms with van der Waals surface area (Å²) in [5.74, 6) is 4.93. The summed E-state index contributed by atoms with van der Waals surface area (Å²) in [6.45, 7) is 5.64. The van der Waals surface area contributed by atoms with E-state index in [1.165, 1.54) is 76.6 Å². The maximum absolute atomic E-state index is 12.5. The predicted molar refractivity (Wildman–Crippen MR) is 129 cm³/mol. The molecular formula is C28H41NO4. The fraction of sp³-hybridized carbons (Fsp3) is 0.750. The first-order valence-electron chi connectivity index (χ1n) is 13.4.